The van der Waals surface area contributed by atoms with Gasteiger partial charge in [-0.25, -0.2) is 0 Å². The highest BCUT2D eigenvalue weighted by atomic mass is 35.5. The van der Waals surface area contributed by atoms with Crippen molar-refractivity contribution in [2.24, 2.45) is 5.73 Å². The Morgan fingerprint density at radius 1 is 1.37 bits per heavy atom. The first kappa shape index (κ1) is 14.6. The van der Waals surface area contributed by atoms with Crippen LogP contribution < -0.4 is 10.6 Å². The molecule has 0 saturated heterocycles. The van der Waals surface area contributed by atoms with Crippen LogP contribution in [0.4, 0.5) is 5.69 Å². The third kappa shape index (κ3) is 3.40. The lowest BCUT2D eigenvalue weighted by atomic mass is 9.93. The summed E-state index contributed by atoms with van der Waals surface area (Å²) in [7, 11) is 0. The molecule has 0 spiro atoms. The Bertz CT molecular complexity index is 455. The molecule has 1 aliphatic carbocycles. The minimum atomic E-state index is 0.445. The minimum Gasteiger partial charge on any atom is -0.389 e. The number of benzene rings is 1. The summed E-state index contributed by atoms with van der Waals surface area (Å²) < 4.78 is 0. The van der Waals surface area contributed by atoms with Crippen molar-refractivity contribution >= 4 is 34.5 Å². The Kier molecular flexibility index (Phi) is 5.06. The van der Waals surface area contributed by atoms with Crippen molar-refractivity contribution in [1.29, 1.82) is 0 Å². The molecule has 1 aliphatic rings. The molecule has 0 aromatic heterocycles. The molecule has 0 radical (unpaired) electrons. The van der Waals surface area contributed by atoms with Crippen molar-refractivity contribution in [1.82, 2.24) is 0 Å². The van der Waals surface area contributed by atoms with Crippen molar-refractivity contribution in [2.45, 2.75) is 45.1 Å². The number of hydrogen-bond acceptors (Lipinski definition) is 2. The maximum atomic E-state index is 6.15. The highest BCUT2D eigenvalue weighted by Crippen LogP contribution is 2.31. The Morgan fingerprint density at radius 3 is 2.63 bits per heavy atom. The summed E-state index contributed by atoms with van der Waals surface area (Å²) in [6.45, 7) is 3.14. The fourth-order valence-electron chi connectivity index (χ4n) is 2.97. The lowest BCUT2D eigenvalue weighted by molar-refractivity contribution is 0.418. The lowest BCUT2D eigenvalue weighted by Crippen LogP contribution is -2.38. The summed E-state index contributed by atoms with van der Waals surface area (Å²) in [5, 5.41) is 0.740. The van der Waals surface area contributed by atoms with E-state index in [1.54, 1.807) is 0 Å². The molecule has 0 heterocycles. The molecule has 104 valence electrons. The summed E-state index contributed by atoms with van der Waals surface area (Å²) in [6.07, 6.45) is 6.47. The van der Waals surface area contributed by atoms with Crippen molar-refractivity contribution in [2.75, 3.05) is 11.4 Å². The number of rotatable bonds is 4. The maximum absolute atomic E-state index is 6.15. The van der Waals surface area contributed by atoms with E-state index in [4.69, 9.17) is 29.6 Å². The molecule has 1 aromatic carbocycles. The van der Waals surface area contributed by atoms with Gasteiger partial charge >= 0.3 is 0 Å². The van der Waals surface area contributed by atoms with Gasteiger partial charge in [-0.3, -0.25) is 0 Å². The zero-order valence-corrected chi connectivity index (χ0v) is 12.9. The predicted molar refractivity (Wildman–Crippen MR) is 87.2 cm³/mol. The fraction of sp³-hybridized carbons (Fsp3) is 0.533. The summed E-state index contributed by atoms with van der Waals surface area (Å²) >= 11 is 11.3. The van der Waals surface area contributed by atoms with Crippen LogP contribution in [0.25, 0.3) is 0 Å². The summed E-state index contributed by atoms with van der Waals surface area (Å²) in [5.41, 5.74) is 7.88. The number of nitrogens with two attached hydrogens (primary N) is 1. The van der Waals surface area contributed by atoms with Crippen LogP contribution >= 0.6 is 23.8 Å². The van der Waals surface area contributed by atoms with E-state index >= 15 is 0 Å². The van der Waals surface area contributed by atoms with Crippen LogP contribution in [0.5, 0.6) is 0 Å². The van der Waals surface area contributed by atoms with Gasteiger partial charge in [-0.2, -0.15) is 0 Å². The second kappa shape index (κ2) is 6.58. The highest BCUT2D eigenvalue weighted by molar-refractivity contribution is 7.80. The first-order valence-electron chi connectivity index (χ1n) is 6.99. The van der Waals surface area contributed by atoms with Crippen LogP contribution in [0.1, 0.15) is 44.6 Å². The SMILES string of the molecule is CCN(c1cc(Cl)ccc1C(N)=S)C1CCCCC1. The Morgan fingerprint density at radius 2 is 2.05 bits per heavy atom. The summed E-state index contributed by atoms with van der Waals surface area (Å²) in [4.78, 5) is 2.86. The van der Waals surface area contributed by atoms with Gasteiger partial charge in [0.1, 0.15) is 4.99 Å². The quantitative estimate of drug-likeness (QED) is 0.847. The number of anilines is 1. The van der Waals surface area contributed by atoms with E-state index in [1.165, 1.54) is 32.1 Å². The van der Waals surface area contributed by atoms with E-state index in [0.29, 0.717) is 11.0 Å². The first-order valence-corrected chi connectivity index (χ1v) is 7.78. The molecule has 0 bridgehead atoms. The van der Waals surface area contributed by atoms with E-state index in [2.05, 4.69) is 11.8 Å². The van der Waals surface area contributed by atoms with E-state index in [0.717, 1.165) is 22.8 Å². The van der Waals surface area contributed by atoms with Crippen LogP contribution in [0.3, 0.4) is 0 Å². The molecule has 0 amide bonds. The molecule has 0 atom stereocenters. The third-order valence-corrected chi connectivity index (χ3v) is 4.35. The van der Waals surface area contributed by atoms with Gasteiger partial charge in [-0.1, -0.05) is 43.1 Å². The fourth-order valence-corrected chi connectivity index (χ4v) is 3.31. The maximum Gasteiger partial charge on any atom is 0.106 e. The summed E-state index contributed by atoms with van der Waals surface area (Å²) in [5.74, 6) is 0. The molecule has 1 fully saturated rings. The molecule has 0 aliphatic heterocycles. The monoisotopic (exact) mass is 296 g/mol. The van der Waals surface area contributed by atoms with Crippen molar-refractivity contribution in [3.8, 4) is 0 Å². The normalized spacial score (nSPS) is 16.3. The molecule has 2 rings (SSSR count). The molecule has 2 nitrogen and oxygen atoms in total. The van der Waals surface area contributed by atoms with Crippen LogP contribution in [-0.4, -0.2) is 17.6 Å². The Balaban J connectivity index is 2.35. The van der Waals surface area contributed by atoms with Crippen LogP contribution in [0, 0.1) is 0 Å². The van der Waals surface area contributed by atoms with E-state index in [-0.39, 0.29) is 0 Å². The minimum absolute atomic E-state index is 0.445. The molecular weight excluding hydrogens is 276 g/mol. The van der Waals surface area contributed by atoms with Gasteiger partial charge in [-0.05, 0) is 38.0 Å². The zero-order chi connectivity index (χ0) is 13.8. The van der Waals surface area contributed by atoms with Crippen molar-refractivity contribution in [3.63, 3.8) is 0 Å². The van der Waals surface area contributed by atoms with Gasteiger partial charge < -0.3 is 10.6 Å². The smallest absolute Gasteiger partial charge is 0.106 e. The van der Waals surface area contributed by atoms with E-state index < -0.39 is 0 Å². The molecule has 19 heavy (non-hydrogen) atoms. The van der Waals surface area contributed by atoms with Crippen molar-refractivity contribution < 1.29 is 0 Å². The average Bonchev–Trinajstić information content (AvgIpc) is 2.40. The number of nitrogens with zero attached hydrogens (tertiary/aromatic N) is 1. The zero-order valence-electron chi connectivity index (χ0n) is 11.4. The average molecular weight is 297 g/mol. The molecular formula is C15H21ClN2S. The number of hydrogen-bond donors (Lipinski definition) is 1. The lowest BCUT2D eigenvalue weighted by Gasteiger charge is -2.36. The van der Waals surface area contributed by atoms with Gasteiger partial charge in [0.15, 0.2) is 0 Å². The largest absolute Gasteiger partial charge is 0.389 e. The Hall–Kier alpha value is -0.800. The molecule has 1 saturated carbocycles. The van der Waals surface area contributed by atoms with Gasteiger partial charge in [0.2, 0.25) is 0 Å². The number of thiocarbonyl (C=S) groups is 1. The molecule has 4 heteroatoms. The third-order valence-electron chi connectivity index (χ3n) is 3.89. The van der Waals surface area contributed by atoms with Crippen LogP contribution in [0.15, 0.2) is 18.2 Å². The van der Waals surface area contributed by atoms with Crippen molar-refractivity contribution in [3.05, 3.63) is 28.8 Å². The first-order chi connectivity index (χ1) is 9.13. The second-order valence-electron chi connectivity index (χ2n) is 5.10. The van der Waals surface area contributed by atoms with E-state index in [1.807, 2.05) is 18.2 Å². The van der Waals surface area contributed by atoms with Crippen LogP contribution in [-0.2, 0) is 0 Å². The van der Waals surface area contributed by atoms with Gasteiger partial charge in [0, 0.05) is 28.9 Å². The van der Waals surface area contributed by atoms with E-state index in [9.17, 15) is 0 Å². The topological polar surface area (TPSA) is 29.3 Å². The number of halogens is 1. The van der Waals surface area contributed by atoms with Gasteiger partial charge in [0.25, 0.3) is 0 Å². The molecule has 2 N–H and O–H groups in total. The predicted octanol–water partition coefficient (Wildman–Crippen LogP) is 4.13. The second-order valence-corrected chi connectivity index (χ2v) is 5.98. The van der Waals surface area contributed by atoms with Gasteiger partial charge in [0.05, 0.1) is 0 Å². The Labute approximate surface area is 125 Å². The van der Waals surface area contributed by atoms with Gasteiger partial charge in [-0.15, -0.1) is 0 Å². The highest BCUT2D eigenvalue weighted by Gasteiger charge is 2.22. The summed E-state index contributed by atoms with van der Waals surface area (Å²) in [6, 6.07) is 6.37. The van der Waals surface area contributed by atoms with Crippen LogP contribution in [0.2, 0.25) is 5.02 Å². The standard InChI is InChI=1S/C15H21ClN2S/c1-2-18(12-6-4-3-5-7-12)14-10-11(16)8-9-13(14)15(17)19/h8-10,12H,2-7H2,1H3,(H2,17,19). The molecule has 0 unspecified atom stereocenters. The molecule has 1 aromatic rings.